The second-order valence-corrected chi connectivity index (χ2v) is 9.90. The van der Waals surface area contributed by atoms with Crippen molar-refractivity contribution in [1.82, 2.24) is 9.88 Å². The minimum Gasteiger partial charge on any atom is -0.497 e. The fourth-order valence-corrected chi connectivity index (χ4v) is 5.25. The molecule has 0 saturated carbocycles. The molecule has 212 valence electrons. The lowest BCUT2D eigenvalue weighted by molar-refractivity contribution is -0.274. The normalized spacial score (nSPS) is 18.5. The van der Waals surface area contributed by atoms with Crippen LogP contribution >= 0.6 is 0 Å². The average Bonchev–Trinajstić information content (AvgIpc) is 2.90. The van der Waals surface area contributed by atoms with E-state index in [-0.39, 0.29) is 24.0 Å². The van der Waals surface area contributed by atoms with Gasteiger partial charge in [0.05, 0.1) is 25.3 Å². The molecule has 10 heteroatoms. The summed E-state index contributed by atoms with van der Waals surface area (Å²) in [5, 5.41) is 21.4. The third-order valence-electron chi connectivity index (χ3n) is 7.17. The molecular formula is C30H31F3N2O5. The highest BCUT2D eigenvalue weighted by Gasteiger charge is 2.32. The number of alkyl halides is 3. The van der Waals surface area contributed by atoms with Gasteiger partial charge in [0.1, 0.15) is 11.5 Å². The number of nitrogens with zero attached hydrogens (tertiary/aromatic N) is 2. The summed E-state index contributed by atoms with van der Waals surface area (Å²) in [6.07, 6.45) is -1.93. The highest BCUT2D eigenvalue weighted by atomic mass is 19.4. The lowest BCUT2D eigenvalue weighted by atomic mass is 9.79. The van der Waals surface area contributed by atoms with Crippen molar-refractivity contribution in [2.75, 3.05) is 26.7 Å². The molecule has 0 aliphatic carbocycles. The van der Waals surface area contributed by atoms with E-state index < -0.39 is 18.4 Å². The van der Waals surface area contributed by atoms with E-state index in [4.69, 9.17) is 4.74 Å². The van der Waals surface area contributed by atoms with Crippen molar-refractivity contribution in [3.8, 4) is 23.3 Å². The number of fused-ring (bicyclic) bond motifs is 1. The van der Waals surface area contributed by atoms with Gasteiger partial charge in [0.15, 0.2) is 0 Å². The molecular weight excluding hydrogens is 525 g/mol. The molecule has 2 N–H and O–H groups in total. The number of rotatable bonds is 9. The van der Waals surface area contributed by atoms with Crippen LogP contribution in [0, 0.1) is 23.7 Å². The Hall–Kier alpha value is -3.81. The number of carbonyl (C=O) groups is 1. The standard InChI is InChI=1S/C30H31F3N2O5/c1-39-23-8-9-27-26(18-23)25(11-13-34-27)28(36)10-7-21-12-15-35(19-22(21)17-29(37)38)14-3-5-20-4-2-6-24(16-20)40-30(31,32)33/h2,4,6,8-9,11,13,16,18,21-22,28,36H,7,10,12,14-15,17,19H2,1H3,(H,37,38)/t21-,22+,28?/m1/s1. The quantitative estimate of drug-likeness (QED) is 0.340. The van der Waals surface area contributed by atoms with Crippen LogP contribution in [0.3, 0.4) is 0 Å². The first-order valence-electron chi connectivity index (χ1n) is 13.0. The summed E-state index contributed by atoms with van der Waals surface area (Å²) in [7, 11) is 1.58. The molecule has 0 bridgehead atoms. The molecule has 40 heavy (non-hydrogen) atoms. The number of aliphatic hydroxyl groups excluding tert-OH is 1. The molecule has 1 unspecified atom stereocenters. The van der Waals surface area contributed by atoms with E-state index in [9.17, 15) is 28.2 Å². The number of carboxylic acids is 1. The second kappa shape index (κ2) is 13.0. The molecule has 0 amide bonds. The van der Waals surface area contributed by atoms with Gasteiger partial charge in [-0.1, -0.05) is 17.9 Å². The van der Waals surface area contributed by atoms with Crippen LogP contribution in [0.25, 0.3) is 10.9 Å². The van der Waals surface area contributed by atoms with Crippen LogP contribution in [0.15, 0.2) is 54.7 Å². The third-order valence-corrected chi connectivity index (χ3v) is 7.17. The number of pyridine rings is 1. The monoisotopic (exact) mass is 556 g/mol. The Labute approximate surface area is 230 Å². The minimum absolute atomic E-state index is 0.0108. The number of aromatic nitrogens is 1. The summed E-state index contributed by atoms with van der Waals surface area (Å²) in [5.41, 5.74) is 1.92. The zero-order chi connectivity index (χ0) is 28.7. The van der Waals surface area contributed by atoms with E-state index >= 15 is 0 Å². The lowest BCUT2D eigenvalue weighted by Crippen LogP contribution is -2.41. The van der Waals surface area contributed by atoms with Gasteiger partial charge >= 0.3 is 12.3 Å². The average molecular weight is 557 g/mol. The zero-order valence-electron chi connectivity index (χ0n) is 22.0. The van der Waals surface area contributed by atoms with E-state index in [0.717, 1.165) is 22.9 Å². The van der Waals surface area contributed by atoms with Crippen molar-refractivity contribution in [3.05, 3.63) is 65.9 Å². The predicted octanol–water partition coefficient (Wildman–Crippen LogP) is 5.42. The Morgan fingerprint density at radius 3 is 2.75 bits per heavy atom. The number of carboxylic acid groups (broad SMARTS) is 1. The van der Waals surface area contributed by atoms with Crippen LogP contribution in [0.1, 0.15) is 42.9 Å². The van der Waals surface area contributed by atoms with Gasteiger partial charge in [-0.05, 0) is 85.7 Å². The fraction of sp³-hybridized carbons (Fsp3) is 0.400. The summed E-state index contributed by atoms with van der Waals surface area (Å²) < 4.78 is 46.7. The predicted molar refractivity (Wildman–Crippen MR) is 143 cm³/mol. The summed E-state index contributed by atoms with van der Waals surface area (Å²) in [6.45, 7) is 1.60. The molecule has 3 aromatic rings. The number of piperidine rings is 1. The van der Waals surface area contributed by atoms with Crippen LogP contribution in [0.2, 0.25) is 0 Å². The van der Waals surface area contributed by atoms with Gasteiger partial charge in [-0.3, -0.25) is 14.7 Å². The van der Waals surface area contributed by atoms with Gasteiger partial charge < -0.3 is 19.7 Å². The summed E-state index contributed by atoms with van der Waals surface area (Å²) in [4.78, 5) is 18.0. The third kappa shape index (κ3) is 8.10. The molecule has 1 aliphatic heterocycles. The Morgan fingerprint density at radius 1 is 1.18 bits per heavy atom. The van der Waals surface area contributed by atoms with E-state index in [1.54, 1.807) is 25.4 Å². The van der Waals surface area contributed by atoms with Crippen molar-refractivity contribution in [3.63, 3.8) is 0 Å². The molecule has 7 nitrogen and oxygen atoms in total. The molecule has 0 radical (unpaired) electrons. The van der Waals surface area contributed by atoms with Crippen LogP contribution < -0.4 is 9.47 Å². The lowest BCUT2D eigenvalue weighted by Gasteiger charge is -2.37. The topological polar surface area (TPSA) is 92.1 Å². The Morgan fingerprint density at radius 2 is 2.00 bits per heavy atom. The number of benzene rings is 2. The fourth-order valence-electron chi connectivity index (χ4n) is 5.25. The molecule has 3 atom stereocenters. The number of methoxy groups -OCH3 is 1. The maximum Gasteiger partial charge on any atom is 0.573 e. The summed E-state index contributed by atoms with van der Waals surface area (Å²) in [5.74, 6) is 5.32. The number of halogens is 3. The van der Waals surface area contributed by atoms with Gasteiger partial charge in [-0.15, -0.1) is 13.2 Å². The van der Waals surface area contributed by atoms with E-state index in [2.05, 4.69) is 26.5 Å². The van der Waals surface area contributed by atoms with Gasteiger partial charge in [0, 0.05) is 30.1 Å². The van der Waals surface area contributed by atoms with Gasteiger partial charge in [0.25, 0.3) is 0 Å². The molecule has 1 fully saturated rings. The summed E-state index contributed by atoms with van der Waals surface area (Å²) >= 11 is 0. The van der Waals surface area contributed by atoms with E-state index in [1.165, 1.54) is 18.2 Å². The highest BCUT2D eigenvalue weighted by Crippen LogP contribution is 2.34. The van der Waals surface area contributed by atoms with Gasteiger partial charge in [0.2, 0.25) is 0 Å². The van der Waals surface area contributed by atoms with Crippen molar-refractivity contribution in [2.45, 2.75) is 38.1 Å². The van der Waals surface area contributed by atoms with Crippen molar-refractivity contribution in [1.29, 1.82) is 0 Å². The van der Waals surface area contributed by atoms with Crippen LogP contribution in [-0.2, 0) is 4.79 Å². The number of aliphatic hydroxyl groups is 1. The Kier molecular flexibility index (Phi) is 9.50. The number of hydrogen-bond acceptors (Lipinski definition) is 6. The number of hydrogen-bond donors (Lipinski definition) is 2. The first kappa shape index (κ1) is 29.2. The van der Waals surface area contributed by atoms with Crippen LogP contribution in [0.4, 0.5) is 13.2 Å². The molecule has 1 aliphatic rings. The number of aliphatic carboxylic acids is 1. The maximum absolute atomic E-state index is 12.5. The second-order valence-electron chi connectivity index (χ2n) is 9.90. The Balaban J connectivity index is 1.37. The largest absolute Gasteiger partial charge is 0.573 e. The molecule has 1 aromatic heterocycles. The highest BCUT2D eigenvalue weighted by molar-refractivity contribution is 5.83. The van der Waals surface area contributed by atoms with Crippen LogP contribution in [-0.4, -0.2) is 59.2 Å². The van der Waals surface area contributed by atoms with Crippen LogP contribution in [0.5, 0.6) is 11.5 Å². The van der Waals surface area contributed by atoms with Crippen molar-refractivity contribution in [2.24, 2.45) is 11.8 Å². The summed E-state index contributed by atoms with van der Waals surface area (Å²) in [6, 6.07) is 12.8. The maximum atomic E-state index is 12.5. The first-order chi connectivity index (χ1) is 19.1. The van der Waals surface area contributed by atoms with Crippen molar-refractivity contribution < 1.29 is 37.7 Å². The zero-order valence-corrected chi connectivity index (χ0v) is 22.0. The molecule has 4 rings (SSSR count). The smallest absolute Gasteiger partial charge is 0.497 e. The number of likely N-dealkylation sites (tertiary alicyclic amines) is 1. The minimum atomic E-state index is -4.77. The van der Waals surface area contributed by atoms with E-state index in [0.29, 0.717) is 43.8 Å². The van der Waals surface area contributed by atoms with E-state index in [1.807, 2.05) is 18.2 Å². The molecule has 1 saturated heterocycles. The Bertz CT molecular complexity index is 1380. The molecule has 0 spiro atoms. The first-order valence-corrected chi connectivity index (χ1v) is 13.0. The van der Waals surface area contributed by atoms with Crippen molar-refractivity contribution >= 4 is 16.9 Å². The molecule has 2 aromatic carbocycles. The molecule has 2 heterocycles. The number of ether oxygens (including phenoxy) is 2. The van der Waals surface area contributed by atoms with Gasteiger partial charge in [-0.2, -0.15) is 0 Å². The SMILES string of the molecule is COc1ccc2nccc(C(O)CC[C@@H]3CCN(CC#Cc4cccc(OC(F)(F)F)c4)C[C@@H]3CC(=O)O)c2c1. The van der Waals surface area contributed by atoms with Gasteiger partial charge in [-0.25, -0.2) is 0 Å².